The van der Waals surface area contributed by atoms with Gasteiger partial charge in [-0.15, -0.1) is 0 Å². The number of carbonyl (C=O) groups is 2. The number of rotatable bonds is 2. The Kier molecular flexibility index (Phi) is 4.01. The van der Waals surface area contributed by atoms with E-state index >= 15 is 0 Å². The molecule has 0 saturated carbocycles. The zero-order valence-electron chi connectivity index (χ0n) is 8.30. The molecule has 0 unspecified atom stereocenters. The smallest absolute Gasteiger partial charge is 0.222 e. The monoisotopic (exact) mass is 319 g/mol. The second-order valence-electron chi connectivity index (χ2n) is 2.89. The highest BCUT2D eigenvalue weighted by Crippen LogP contribution is 2.18. The SMILES string of the molecule is CC(=O)Nc1ccc(I)c(NC(C)=O)n1. The number of hydrogen-bond acceptors (Lipinski definition) is 3. The first-order valence-electron chi connectivity index (χ1n) is 4.21. The van der Waals surface area contributed by atoms with Crippen LogP contribution in [0.1, 0.15) is 13.8 Å². The lowest BCUT2D eigenvalue weighted by atomic mass is 10.4. The Balaban J connectivity index is 2.94. The lowest BCUT2D eigenvalue weighted by Crippen LogP contribution is -2.12. The Morgan fingerprint density at radius 1 is 1.20 bits per heavy atom. The molecule has 2 amide bonds. The predicted molar refractivity (Wildman–Crippen MR) is 65.6 cm³/mol. The minimum absolute atomic E-state index is 0.194. The van der Waals surface area contributed by atoms with Gasteiger partial charge in [-0.2, -0.15) is 0 Å². The molecule has 0 aliphatic carbocycles. The van der Waals surface area contributed by atoms with E-state index in [9.17, 15) is 9.59 Å². The summed E-state index contributed by atoms with van der Waals surface area (Å²) in [5, 5.41) is 5.12. The molecule has 0 bridgehead atoms. The van der Waals surface area contributed by atoms with Gasteiger partial charge in [0.2, 0.25) is 11.8 Å². The van der Waals surface area contributed by atoms with Crippen molar-refractivity contribution >= 4 is 46.0 Å². The maximum atomic E-state index is 10.9. The molecule has 1 rings (SSSR count). The van der Waals surface area contributed by atoms with Crippen LogP contribution in [0.25, 0.3) is 0 Å². The van der Waals surface area contributed by atoms with E-state index in [0.717, 1.165) is 3.57 Å². The lowest BCUT2D eigenvalue weighted by molar-refractivity contribution is -0.115. The summed E-state index contributed by atoms with van der Waals surface area (Å²) in [7, 11) is 0. The van der Waals surface area contributed by atoms with E-state index in [-0.39, 0.29) is 11.8 Å². The van der Waals surface area contributed by atoms with Crippen molar-refractivity contribution in [2.75, 3.05) is 10.6 Å². The van der Waals surface area contributed by atoms with Crippen LogP contribution >= 0.6 is 22.6 Å². The van der Waals surface area contributed by atoms with E-state index in [0.29, 0.717) is 11.6 Å². The van der Waals surface area contributed by atoms with Crippen molar-refractivity contribution < 1.29 is 9.59 Å². The van der Waals surface area contributed by atoms with E-state index in [1.165, 1.54) is 13.8 Å². The van der Waals surface area contributed by atoms with Gasteiger partial charge in [0.05, 0.1) is 3.57 Å². The van der Waals surface area contributed by atoms with E-state index in [2.05, 4.69) is 38.2 Å². The van der Waals surface area contributed by atoms with Crippen molar-refractivity contribution in [1.29, 1.82) is 0 Å². The molecule has 1 heterocycles. The third-order valence-electron chi connectivity index (χ3n) is 1.44. The summed E-state index contributed by atoms with van der Waals surface area (Å²) in [6.07, 6.45) is 0. The maximum Gasteiger partial charge on any atom is 0.222 e. The van der Waals surface area contributed by atoms with Gasteiger partial charge in [-0.25, -0.2) is 4.98 Å². The zero-order valence-corrected chi connectivity index (χ0v) is 10.5. The summed E-state index contributed by atoms with van der Waals surface area (Å²) in [4.78, 5) is 25.7. The second kappa shape index (κ2) is 5.06. The molecule has 0 aliphatic heterocycles. The first kappa shape index (κ1) is 11.9. The number of halogens is 1. The number of pyridine rings is 1. The molecular weight excluding hydrogens is 309 g/mol. The van der Waals surface area contributed by atoms with Crippen LogP contribution in [0.15, 0.2) is 12.1 Å². The van der Waals surface area contributed by atoms with Gasteiger partial charge in [0.15, 0.2) is 0 Å². The Hall–Kier alpha value is -1.18. The van der Waals surface area contributed by atoms with Crippen LogP contribution in [-0.4, -0.2) is 16.8 Å². The fourth-order valence-corrected chi connectivity index (χ4v) is 1.38. The van der Waals surface area contributed by atoms with Gasteiger partial charge < -0.3 is 10.6 Å². The molecule has 80 valence electrons. The average Bonchev–Trinajstić information content (AvgIpc) is 2.09. The number of aromatic nitrogens is 1. The fraction of sp³-hybridized carbons (Fsp3) is 0.222. The third kappa shape index (κ3) is 3.82. The standard InChI is InChI=1S/C9H10IN3O2/c1-5(14)11-8-4-3-7(10)9(13-8)12-6(2)15/h3-4H,1-2H3,(H2,11,12,13,14,15). The minimum Gasteiger partial charge on any atom is -0.311 e. The minimum atomic E-state index is -0.197. The van der Waals surface area contributed by atoms with E-state index in [1.54, 1.807) is 12.1 Å². The Bertz CT molecular complexity index is 406. The van der Waals surface area contributed by atoms with Gasteiger partial charge >= 0.3 is 0 Å². The third-order valence-corrected chi connectivity index (χ3v) is 2.32. The number of carbonyl (C=O) groups excluding carboxylic acids is 2. The number of amides is 2. The van der Waals surface area contributed by atoms with Gasteiger partial charge in [0, 0.05) is 13.8 Å². The highest BCUT2D eigenvalue weighted by Gasteiger charge is 2.05. The summed E-state index contributed by atoms with van der Waals surface area (Å²) in [5.41, 5.74) is 0. The summed E-state index contributed by atoms with van der Waals surface area (Å²) in [5.74, 6) is 0.485. The molecular formula is C9H10IN3O2. The average molecular weight is 319 g/mol. The van der Waals surface area contributed by atoms with Crippen molar-refractivity contribution in [1.82, 2.24) is 4.98 Å². The van der Waals surface area contributed by atoms with Crippen LogP contribution in [-0.2, 0) is 9.59 Å². The van der Waals surface area contributed by atoms with Gasteiger partial charge in [0.25, 0.3) is 0 Å². The Morgan fingerprint density at radius 3 is 2.33 bits per heavy atom. The van der Waals surface area contributed by atoms with Crippen LogP contribution in [0, 0.1) is 3.57 Å². The van der Waals surface area contributed by atoms with E-state index < -0.39 is 0 Å². The molecule has 0 aliphatic rings. The molecule has 1 aromatic heterocycles. The number of nitrogens with one attached hydrogen (secondary N) is 2. The van der Waals surface area contributed by atoms with Crippen LogP contribution in [0.3, 0.4) is 0 Å². The van der Waals surface area contributed by atoms with Crippen molar-refractivity contribution in [2.45, 2.75) is 13.8 Å². The predicted octanol–water partition coefficient (Wildman–Crippen LogP) is 1.60. The van der Waals surface area contributed by atoms with Gasteiger partial charge in [-0.1, -0.05) is 0 Å². The molecule has 0 radical (unpaired) electrons. The van der Waals surface area contributed by atoms with Crippen LogP contribution in [0.4, 0.5) is 11.6 Å². The largest absolute Gasteiger partial charge is 0.311 e. The Morgan fingerprint density at radius 2 is 1.80 bits per heavy atom. The molecule has 0 spiro atoms. The summed E-state index contributed by atoms with van der Waals surface area (Å²) in [6.45, 7) is 2.81. The molecule has 0 atom stereocenters. The van der Waals surface area contributed by atoms with Crippen molar-refractivity contribution in [3.05, 3.63) is 15.7 Å². The van der Waals surface area contributed by atoms with Crippen molar-refractivity contribution in [3.8, 4) is 0 Å². The molecule has 0 fully saturated rings. The first-order chi connectivity index (χ1) is 6.99. The molecule has 6 heteroatoms. The molecule has 0 saturated heterocycles. The van der Waals surface area contributed by atoms with Crippen molar-refractivity contribution in [2.24, 2.45) is 0 Å². The van der Waals surface area contributed by atoms with Crippen LogP contribution in [0.5, 0.6) is 0 Å². The summed E-state index contributed by atoms with van der Waals surface area (Å²) >= 11 is 2.05. The molecule has 5 nitrogen and oxygen atoms in total. The highest BCUT2D eigenvalue weighted by molar-refractivity contribution is 14.1. The van der Waals surface area contributed by atoms with Crippen LogP contribution < -0.4 is 10.6 Å². The zero-order chi connectivity index (χ0) is 11.4. The summed E-state index contributed by atoms with van der Waals surface area (Å²) in [6, 6.07) is 3.44. The van der Waals surface area contributed by atoms with E-state index in [4.69, 9.17) is 0 Å². The fourth-order valence-electron chi connectivity index (χ4n) is 0.947. The first-order valence-corrected chi connectivity index (χ1v) is 5.28. The molecule has 0 aromatic carbocycles. The normalized spacial score (nSPS) is 9.53. The number of anilines is 2. The number of nitrogens with zero attached hydrogens (tertiary/aromatic N) is 1. The van der Waals surface area contributed by atoms with Gasteiger partial charge in [-0.3, -0.25) is 9.59 Å². The molecule has 2 N–H and O–H groups in total. The molecule has 1 aromatic rings. The van der Waals surface area contributed by atoms with Gasteiger partial charge in [0.1, 0.15) is 11.6 Å². The number of hydrogen-bond donors (Lipinski definition) is 2. The topological polar surface area (TPSA) is 71.1 Å². The maximum absolute atomic E-state index is 10.9. The quantitative estimate of drug-likeness (QED) is 0.814. The summed E-state index contributed by atoms with van der Waals surface area (Å²) < 4.78 is 0.817. The van der Waals surface area contributed by atoms with Crippen molar-refractivity contribution in [3.63, 3.8) is 0 Å². The van der Waals surface area contributed by atoms with E-state index in [1.807, 2.05) is 0 Å². The second-order valence-corrected chi connectivity index (χ2v) is 4.05. The van der Waals surface area contributed by atoms with Crippen LogP contribution in [0.2, 0.25) is 0 Å². The highest BCUT2D eigenvalue weighted by atomic mass is 127. The lowest BCUT2D eigenvalue weighted by Gasteiger charge is -2.06. The van der Waals surface area contributed by atoms with Gasteiger partial charge in [-0.05, 0) is 34.7 Å². The Labute approximate surface area is 101 Å². The molecule has 15 heavy (non-hydrogen) atoms.